The number of amides is 4. The Bertz CT molecular complexity index is 1010. The number of urea groups is 1. The maximum Gasteiger partial charge on any atom is 0.335 e. The largest absolute Gasteiger partial charge is 0.507 e. The van der Waals surface area contributed by atoms with Crippen molar-refractivity contribution in [3.8, 4) is 11.5 Å². The fourth-order valence-corrected chi connectivity index (χ4v) is 3.17. The maximum absolute atomic E-state index is 12.9. The van der Waals surface area contributed by atoms with Gasteiger partial charge in [0, 0.05) is 11.6 Å². The molecule has 138 valence electrons. The van der Waals surface area contributed by atoms with E-state index in [0.717, 1.165) is 22.1 Å². The van der Waals surface area contributed by atoms with Crippen molar-refractivity contribution in [3.63, 3.8) is 0 Å². The van der Waals surface area contributed by atoms with Crippen LogP contribution in [0.1, 0.15) is 16.7 Å². The van der Waals surface area contributed by atoms with Crippen LogP contribution >= 0.6 is 15.9 Å². The van der Waals surface area contributed by atoms with Gasteiger partial charge in [0.25, 0.3) is 11.8 Å². The van der Waals surface area contributed by atoms with Crippen molar-refractivity contribution in [2.24, 2.45) is 0 Å². The van der Waals surface area contributed by atoms with Gasteiger partial charge in [-0.15, -0.1) is 0 Å². The summed E-state index contributed by atoms with van der Waals surface area (Å²) >= 11 is 3.11. The number of rotatable bonds is 2. The van der Waals surface area contributed by atoms with E-state index in [4.69, 9.17) is 0 Å². The predicted octanol–water partition coefficient (Wildman–Crippen LogP) is 3.14. The fourth-order valence-electron chi connectivity index (χ4n) is 2.81. The molecule has 0 bridgehead atoms. The lowest BCUT2D eigenvalue weighted by Crippen LogP contribution is -2.54. The SMILES string of the molecule is Cc1cc(C)cc(N2C(=O)NC(=O)/C(=C\c3cc(Br)c(O)cc3O)C2=O)c1. The molecule has 2 aromatic rings. The highest BCUT2D eigenvalue weighted by atomic mass is 79.9. The van der Waals surface area contributed by atoms with Crippen molar-refractivity contribution in [1.29, 1.82) is 0 Å². The molecular weight excluding hydrogens is 416 g/mol. The van der Waals surface area contributed by atoms with Crippen LogP contribution < -0.4 is 10.2 Å². The number of carbonyl (C=O) groups excluding carboxylic acids is 3. The van der Waals surface area contributed by atoms with Gasteiger partial charge >= 0.3 is 6.03 Å². The quantitative estimate of drug-likeness (QED) is 0.501. The molecule has 0 radical (unpaired) electrons. The second-order valence-electron chi connectivity index (χ2n) is 6.17. The van der Waals surface area contributed by atoms with Crippen LogP contribution in [0.5, 0.6) is 11.5 Å². The van der Waals surface area contributed by atoms with Crippen molar-refractivity contribution in [1.82, 2.24) is 5.32 Å². The first-order valence-electron chi connectivity index (χ1n) is 7.88. The molecule has 7 nitrogen and oxygen atoms in total. The Hall–Kier alpha value is -3.13. The second kappa shape index (κ2) is 6.88. The zero-order chi connectivity index (χ0) is 19.9. The van der Waals surface area contributed by atoms with Crippen LogP contribution in [0, 0.1) is 13.8 Å². The van der Waals surface area contributed by atoms with E-state index >= 15 is 0 Å². The summed E-state index contributed by atoms with van der Waals surface area (Å²) in [5, 5.41) is 21.7. The number of nitrogens with one attached hydrogen (secondary N) is 1. The molecule has 0 saturated carbocycles. The molecular formula is C19H15BrN2O5. The van der Waals surface area contributed by atoms with Crippen molar-refractivity contribution >= 4 is 45.5 Å². The highest BCUT2D eigenvalue weighted by molar-refractivity contribution is 9.10. The van der Waals surface area contributed by atoms with Gasteiger partial charge in [0.05, 0.1) is 10.2 Å². The molecule has 2 aromatic carbocycles. The van der Waals surface area contributed by atoms with Gasteiger partial charge in [0.1, 0.15) is 17.1 Å². The molecule has 0 atom stereocenters. The number of imide groups is 2. The summed E-state index contributed by atoms with van der Waals surface area (Å²) in [5.41, 5.74) is 1.86. The number of anilines is 1. The molecule has 1 aliphatic rings. The van der Waals surface area contributed by atoms with Crippen LogP contribution in [0.4, 0.5) is 10.5 Å². The van der Waals surface area contributed by atoms with Crippen LogP contribution in [-0.4, -0.2) is 28.1 Å². The van der Waals surface area contributed by atoms with Crippen LogP contribution in [-0.2, 0) is 9.59 Å². The normalized spacial score (nSPS) is 16.0. The highest BCUT2D eigenvalue weighted by Crippen LogP contribution is 2.33. The van der Waals surface area contributed by atoms with Crippen LogP contribution in [0.25, 0.3) is 6.08 Å². The zero-order valence-electron chi connectivity index (χ0n) is 14.4. The molecule has 0 aromatic heterocycles. The molecule has 3 rings (SSSR count). The van der Waals surface area contributed by atoms with Gasteiger partial charge in [-0.25, -0.2) is 9.69 Å². The lowest BCUT2D eigenvalue weighted by molar-refractivity contribution is -0.122. The molecule has 1 fully saturated rings. The van der Waals surface area contributed by atoms with E-state index in [1.54, 1.807) is 12.1 Å². The molecule has 1 aliphatic heterocycles. The number of aromatic hydroxyl groups is 2. The maximum atomic E-state index is 12.9. The van der Waals surface area contributed by atoms with Gasteiger partial charge in [-0.3, -0.25) is 14.9 Å². The minimum Gasteiger partial charge on any atom is -0.507 e. The van der Waals surface area contributed by atoms with Crippen molar-refractivity contribution in [2.75, 3.05) is 4.90 Å². The topological polar surface area (TPSA) is 107 Å². The number of benzene rings is 2. The third kappa shape index (κ3) is 3.56. The lowest BCUT2D eigenvalue weighted by Gasteiger charge is -2.27. The van der Waals surface area contributed by atoms with E-state index in [0.29, 0.717) is 5.69 Å². The van der Waals surface area contributed by atoms with Crippen molar-refractivity contribution < 1.29 is 24.6 Å². The van der Waals surface area contributed by atoms with Crippen molar-refractivity contribution in [2.45, 2.75) is 13.8 Å². The Morgan fingerprint density at radius 3 is 2.22 bits per heavy atom. The Morgan fingerprint density at radius 2 is 1.59 bits per heavy atom. The number of nitrogens with zero attached hydrogens (tertiary/aromatic N) is 1. The van der Waals surface area contributed by atoms with Gasteiger partial charge in [-0.2, -0.15) is 0 Å². The highest BCUT2D eigenvalue weighted by Gasteiger charge is 2.37. The summed E-state index contributed by atoms with van der Waals surface area (Å²) < 4.78 is 0.276. The van der Waals surface area contributed by atoms with Gasteiger partial charge in [0.2, 0.25) is 0 Å². The Kier molecular flexibility index (Phi) is 4.75. The van der Waals surface area contributed by atoms with Gasteiger partial charge in [0.15, 0.2) is 0 Å². The van der Waals surface area contributed by atoms with Crippen molar-refractivity contribution in [3.05, 3.63) is 57.1 Å². The first-order chi connectivity index (χ1) is 12.7. The van der Waals surface area contributed by atoms with Gasteiger partial charge in [-0.05, 0) is 65.2 Å². The minimum atomic E-state index is -0.866. The molecule has 1 heterocycles. The number of hydrogen-bond donors (Lipinski definition) is 3. The lowest BCUT2D eigenvalue weighted by atomic mass is 10.0. The molecule has 8 heteroatoms. The van der Waals surface area contributed by atoms with E-state index < -0.39 is 17.8 Å². The molecule has 0 aliphatic carbocycles. The molecule has 27 heavy (non-hydrogen) atoms. The van der Waals surface area contributed by atoms with E-state index in [1.807, 2.05) is 19.9 Å². The first kappa shape index (κ1) is 18.7. The Balaban J connectivity index is 2.09. The third-order valence-electron chi connectivity index (χ3n) is 3.96. The second-order valence-corrected chi connectivity index (χ2v) is 7.02. The summed E-state index contributed by atoms with van der Waals surface area (Å²) in [6.07, 6.45) is 1.17. The molecule has 0 spiro atoms. The summed E-state index contributed by atoms with van der Waals surface area (Å²) in [6, 6.07) is 6.80. The standard InChI is InChI=1S/C19H15BrN2O5/c1-9-3-10(2)5-12(4-9)22-18(26)13(17(25)21-19(22)27)6-11-7-14(20)16(24)8-15(11)23/h3-8,23-24H,1-2H3,(H,21,25,27)/b13-6+. The van der Waals surface area contributed by atoms with E-state index in [2.05, 4.69) is 21.2 Å². The van der Waals surface area contributed by atoms with E-state index in [-0.39, 0.29) is 27.1 Å². The molecule has 4 amide bonds. The van der Waals surface area contributed by atoms with Gasteiger partial charge < -0.3 is 10.2 Å². The first-order valence-corrected chi connectivity index (χ1v) is 8.68. The number of phenolic OH excluding ortho intramolecular Hbond substituents is 2. The summed E-state index contributed by atoms with van der Waals surface area (Å²) in [4.78, 5) is 38.2. The van der Waals surface area contributed by atoms with Crippen LogP contribution in [0.2, 0.25) is 0 Å². The summed E-state index contributed by atoms with van der Waals surface area (Å²) in [6.45, 7) is 3.66. The van der Waals surface area contributed by atoms with Gasteiger partial charge in [-0.1, -0.05) is 6.07 Å². The number of barbiturate groups is 1. The Labute approximate surface area is 163 Å². The number of halogens is 1. The van der Waals surface area contributed by atoms with E-state index in [9.17, 15) is 24.6 Å². The average Bonchev–Trinajstić information content (AvgIpc) is 2.54. The van der Waals surface area contributed by atoms with E-state index in [1.165, 1.54) is 12.1 Å². The number of hydrogen-bond acceptors (Lipinski definition) is 5. The number of aryl methyl sites for hydroxylation is 2. The van der Waals surface area contributed by atoms with Crippen LogP contribution in [0.3, 0.4) is 0 Å². The molecule has 0 unspecified atom stereocenters. The van der Waals surface area contributed by atoms with Crippen LogP contribution in [0.15, 0.2) is 40.4 Å². The summed E-state index contributed by atoms with van der Waals surface area (Å²) in [5.74, 6) is -2.19. The molecule has 3 N–H and O–H groups in total. The summed E-state index contributed by atoms with van der Waals surface area (Å²) in [7, 11) is 0. The average molecular weight is 431 g/mol. The zero-order valence-corrected chi connectivity index (χ0v) is 16.0. The number of carbonyl (C=O) groups is 3. The predicted molar refractivity (Wildman–Crippen MR) is 102 cm³/mol. The smallest absolute Gasteiger partial charge is 0.335 e. The monoisotopic (exact) mass is 430 g/mol. The molecule has 1 saturated heterocycles. The Morgan fingerprint density at radius 1 is 0.963 bits per heavy atom. The fraction of sp³-hybridized carbons (Fsp3) is 0.105. The number of phenols is 2. The minimum absolute atomic E-state index is 0.132. The third-order valence-corrected chi connectivity index (χ3v) is 4.60.